The van der Waals surface area contributed by atoms with E-state index in [9.17, 15) is 0 Å². The normalized spacial score (nSPS) is 5.08. The van der Waals surface area contributed by atoms with Gasteiger partial charge in [0, 0.05) is 0 Å². The molecule has 0 heterocycles. The average Bonchev–Trinajstić information content (AvgIpc) is 2.16. The standard InChI is InChI=1S/4CO.3CH3.Co/c4*1-2;;;;/h;;;;3*1H3;. The van der Waals surface area contributed by atoms with Gasteiger partial charge in [0.25, 0.3) is 27.2 Å². The molecule has 0 atom stereocenters. The molecule has 12 heavy (non-hydrogen) atoms. The summed E-state index contributed by atoms with van der Waals surface area (Å²) in [7, 11) is 0. The van der Waals surface area contributed by atoms with Crippen LogP contribution in [0.3, 0.4) is 0 Å². The minimum absolute atomic E-state index is 0.396. The van der Waals surface area contributed by atoms with E-state index in [-0.39, 0.29) is 0 Å². The Morgan fingerprint density at radius 3 is 0.583 bits per heavy atom. The second kappa shape index (κ2) is 180. The van der Waals surface area contributed by atoms with Crippen LogP contribution in [0.4, 0.5) is 0 Å². The van der Waals surface area contributed by atoms with Gasteiger partial charge in [0.15, 0.2) is 0 Å². The fourth-order valence-corrected chi connectivity index (χ4v) is 0. The van der Waals surface area contributed by atoms with Crippen LogP contribution in [0, 0.1) is 0 Å². The zero-order valence-electron chi connectivity index (χ0n) is 6.97. The third kappa shape index (κ3) is 930. The van der Waals surface area contributed by atoms with E-state index in [0.717, 1.165) is 0 Å². The van der Waals surface area contributed by atoms with E-state index in [1.807, 2.05) is 0 Å². The molecule has 0 rings (SSSR count). The molecule has 4 nitrogen and oxygen atoms in total. The van der Waals surface area contributed by atoms with Crippen molar-refractivity contribution in [3.63, 3.8) is 0 Å². The topological polar surface area (TPSA) is 68.3 Å². The molecule has 0 aliphatic rings. The molecule has 0 saturated carbocycles. The third-order valence-corrected chi connectivity index (χ3v) is 0. The van der Waals surface area contributed by atoms with Gasteiger partial charge in [0.2, 0.25) is 0 Å². The van der Waals surface area contributed by atoms with Gasteiger partial charge in [-0.2, -0.15) is 0 Å². The van der Waals surface area contributed by atoms with Crippen LogP contribution in [-0.2, 0) is 32.8 Å². The molecule has 0 spiro atoms. The van der Waals surface area contributed by atoms with Gasteiger partial charge in [0.05, 0.1) is 0 Å². The average molecular weight is 216 g/mol. The minimum atomic E-state index is 0.396. The number of carbonyl (C=O) groups excluding carboxylic acids is 4. The van der Waals surface area contributed by atoms with E-state index < -0.39 is 0 Å². The van der Waals surface area contributed by atoms with Gasteiger partial charge in [-0.1, -0.05) is 0 Å². The first-order valence-electron chi connectivity index (χ1n) is 1.82. The van der Waals surface area contributed by atoms with E-state index in [4.69, 9.17) is 19.2 Å². The Morgan fingerprint density at radius 1 is 0.583 bits per heavy atom. The molecule has 0 aromatic heterocycles. The molecule has 0 aliphatic heterocycles. The summed E-state index contributed by atoms with van der Waals surface area (Å²) in [5, 5.41) is 0. The minimum Gasteiger partial charge on any atom is -0.281 e. The van der Waals surface area contributed by atoms with Crippen molar-refractivity contribution in [2.45, 2.75) is 17.6 Å². The maximum Gasteiger partial charge on any atom is 0.281 e. The van der Waals surface area contributed by atoms with Gasteiger partial charge in [-0.15, -0.1) is 0 Å². The van der Waals surface area contributed by atoms with E-state index >= 15 is 0 Å². The summed E-state index contributed by atoms with van der Waals surface area (Å²) < 4.78 is 0. The van der Waals surface area contributed by atoms with Crippen LogP contribution in [0.1, 0.15) is 0 Å². The van der Waals surface area contributed by atoms with Gasteiger partial charge in [-0.25, -0.2) is 0 Å². The number of hydrogen-bond acceptors (Lipinski definition) is 4. The summed E-state index contributed by atoms with van der Waals surface area (Å²) in [6.45, 7) is 18.0. The molecule has 0 aromatic carbocycles. The molecule has 0 unspecified atom stereocenters. The van der Waals surface area contributed by atoms with Crippen LogP contribution >= 0.6 is 0 Å². The Bertz CT molecular complexity index is 41.9. The van der Waals surface area contributed by atoms with E-state index in [0.29, 0.717) is 13.7 Å². The largest absolute Gasteiger partial charge is 0.281 e. The van der Waals surface area contributed by atoms with Crippen molar-refractivity contribution in [1.29, 1.82) is 0 Å². The fourth-order valence-electron chi connectivity index (χ4n) is 0. The summed E-state index contributed by atoms with van der Waals surface area (Å²) in [6, 6.07) is 0. The van der Waals surface area contributed by atoms with Crippen LogP contribution in [0.5, 0.6) is 0 Å². The van der Waals surface area contributed by atoms with Gasteiger partial charge >= 0.3 is 31.2 Å². The Balaban J connectivity index is -0.0000000181. The maximum absolute atomic E-state index is 7.50. The molecular weight excluding hydrogens is 207 g/mol. The van der Waals surface area contributed by atoms with Crippen molar-refractivity contribution >= 4 is 27.2 Å². The monoisotopic (exact) mass is 216 g/mol. The van der Waals surface area contributed by atoms with Crippen molar-refractivity contribution in [3.8, 4) is 0 Å². The van der Waals surface area contributed by atoms with Crippen molar-refractivity contribution < 1.29 is 32.8 Å². The SMILES string of the molecule is [CH3][Co]([CH3])[CH3].[C]=O.[C]=O.[C]=O.[C]=O. The Kier molecular flexibility index (Phi) is 454. The van der Waals surface area contributed by atoms with Gasteiger partial charge in [0.1, 0.15) is 0 Å². The molecule has 0 aliphatic carbocycles. The van der Waals surface area contributed by atoms with Crippen molar-refractivity contribution in [2.24, 2.45) is 0 Å². The second-order valence-electron chi connectivity index (χ2n) is 1.00. The Hall–Kier alpha value is -0.814. The zero-order chi connectivity index (χ0) is 11.6. The molecule has 0 fully saturated rings. The van der Waals surface area contributed by atoms with Gasteiger partial charge in [-0.05, 0) is 0 Å². The predicted octanol–water partition coefficient (Wildman–Crippen LogP) is 0.160. The summed E-state index contributed by atoms with van der Waals surface area (Å²) in [6.07, 6.45) is 0. The summed E-state index contributed by atoms with van der Waals surface area (Å²) >= 11 is 0.396. The molecule has 0 bridgehead atoms. The first-order valence-corrected chi connectivity index (χ1v) is 4.94. The molecular formula is C7H9CoO4. The Morgan fingerprint density at radius 2 is 0.583 bits per heavy atom. The van der Waals surface area contributed by atoms with Crippen molar-refractivity contribution in [2.75, 3.05) is 0 Å². The van der Waals surface area contributed by atoms with Crippen LogP contribution in [0.25, 0.3) is 0 Å². The van der Waals surface area contributed by atoms with Crippen LogP contribution in [0.2, 0.25) is 17.6 Å². The van der Waals surface area contributed by atoms with E-state index in [1.165, 1.54) is 0 Å². The van der Waals surface area contributed by atoms with E-state index in [2.05, 4.69) is 44.7 Å². The summed E-state index contributed by atoms with van der Waals surface area (Å²) in [5.74, 6) is 6.69. The van der Waals surface area contributed by atoms with Crippen LogP contribution in [0.15, 0.2) is 0 Å². The molecule has 0 aromatic rings. The molecule has 5 heteroatoms. The summed E-state index contributed by atoms with van der Waals surface area (Å²) in [5.41, 5.74) is 0. The summed E-state index contributed by atoms with van der Waals surface area (Å²) in [4.78, 5) is 30.0. The molecule has 0 amide bonds. The molecule has 8 radical (unpaired) electrons. The van der Waals surface area contributed by atoms with Gasteiger partial charge < -0.3 is 0 Å². The van der Waals surface area contributed by atoms with Crippen molar-refractivity contribution in [1.82, 2.24) is 0 Å². The fraction of sp³-hybridized carbons (Fsp3) is 0.429. The first kappa shape index (κ1) is 30.3. The van der Waals surface area contributed by atoms with E-state index in [1.54, 1.807) is 0 Å². The quantitative estimate of drug-likeness (QED) is 0.578. The zero-order valence-corrected chi connectivity index (χ0v) is 8.01. The molecule has 0 saturated heterocycles. The molecule has 70 valence electrons. The Labute approximate surface area is 78.1 Å². The van der Waals surface area contributed by atoms with Crippen LogP contribution in [-0.4, -0.2) is 27.2 Å². The van der Waals surface area contributed by atoms with Crippen LogP contribution < -0.4 is 0 Å². The first-order chi connectivity index (χ1) is 5.73. The maximum atomic E-state index is 7.50. The second-order valence-corrected chi connectivity index (χ2v) is 4.12. The smallest absolute Gasteiger partial charge is 0.281 e. The third-order valence-electron chi connectivity index (χ3n) is 0. The number of hydrogen-bond donors (Lipinski definition) is 0. The molecule has 0 N–H and O–H groups in total. The number of rotatable bonds is 0. The van der Waals surface area contributed by atoms with Crippen molar-refractivity contribution in [3.05, 3.63) is 0 Å². The van der Waals surface area contributed by atoms with Gasteiger partial charge in [-0.3, -0.25) is 19.2 Å². The predicted molar refractivity (Wildman–Crippen MR) is 40.4 cm³/mol.